The first-order valence-electron chi connectivity index (χ1n) is 29.3. The van der Waals surface area contributed by atoms with Crippen LogP contribution in [0, 0.1) is 17.8 Å². The van der Waals surface area contributed by atoms with Crippen LogP contribution >= 0.6 is 0 Å². The molecule has 4 bridgehead atoms. The molecule has 80 heavy (non-hydrogen) atoms. The van der Waals surface area contributed by atoms with Gasteiger partial charge in [-0.1, -0.05) is 200 Å². The van der Waals surface area contributed by atoms with E-state index < -0.39 is 5.41 Å². The van der Waals surface area contributed by atoms with Crippen LogP contribution < -0.4 is 26.2 Å². The number of benzene rings is 11. The van der Waals surface area contributed by atoms with Gasteiger partial charge in [0.1, 0.15) is 0 Å². The van der Waals surface area contributed by atoms with Gasteiger partial charge >= 0.3 is 0 Å². The van der Waals surface area contributed by atoms with E-state index in [1.807, 2.05) is 0 Å². The smallest absolute Gasteiger partial charge is 0.252 e. The molecule has 2 aliphatic heterocycles. The Hall–Kier alpha value is -8.92. The summed E-state index contributed by atoms with van der Waals surface area (Å²) in [6.45, 7) is -0.0291. The van der Waals surface area contributed by atoms with Gasteiger partial charge in [-0.2, -0.15) is 0 Å². The molecule has 8 aliphatic rings. The van der Waals surface area contributed by atoms with Gasteiger partial charge in [0, 0.05) is 34.1 Å². The lowest BCUT2D eigenvalue weighted by Crippen LogP contribution is -2.61. The standard InChI is InChI=1S/C77H57BN2/c1-4-16-52(17-5-1)54-28-33-60(34-29-54)79-71-37-32-56(55-30-35-64-63-24-12-15-27-67(63)77(68(64)41-55)65-25-13-10-22-61(65)62-23-11-14-26-66(62)77)42-70(71)78-69-36-31-57(53-18-6-2-7-19-53)43-72(69)80(59-20-8-3-9-21-59)74-45-58(44-73(79)75(74)78)76-46-49-38-50(47-76)40-51(39-49)48-76/h1-37,41-45,49-51H,38-40,46-48H2. The van der Waals surface area contributed by atoms with Crippen molar-refractivity contribution in [2.24, 2.45) is 17.8 Å². The molecular formula is C77H57BN2. The first-order valence-corrected chi connectivity index (χ1v) is 29.3. The van der Waals surface area contributed by atoms with Crippen LogP contribution in [-0.4, -0.2) is 6.71 Å². The number of fused-ring (bicyclic) bond motifs is 14. The first-order chi connectivity index (χ1) is 39.6. The summed E-state index contributed by atoms with van der Waals surface area (Å²) >= 11 is 0. The van der Waals surface area contributed by atoms with E-state index in [0.29, 0.717) is 0 Å². The molecule has 19 rings (SSSR count). The first kappa shape index (κ1) is 45.0. The quantitative estimate of drug-likeness (QED) is 0.153. The molecule has 0 atom stereocenters. The summed E-state index contributed by atoms with van der Waals surface area (Å²) in [6, 6.07) is 97.8. The topological polar surface area (TPSA) is 6.48 Å². The van der Waals surface area contributed by atoms with Gasteiger partial charge in [0.25, 0.3) is 6.71 Å². The van der Waals surface area contributed by atoms with Gasteiger partial charge in [-0.05, 0) is 216 Å². The zero-order chi connectivity index (χ0) is 52.3. The molecule has 11 aromatic rings. The maximum atomic E-state index is 2.71. The molecule has 0 N–H and O–H groups in total. The average molecular weight is 1020 g/mol. The lowest BCUT2D eigenvalue weighted by molar-refractivity contribution is -0.00514. The van der Waals surface area contributed by atoms with Crippen LogP contribution in [0.2, 0.25) is 0 Å². The molecule has 4 saturated carbocycles. The number of hydrogen-bond donors (Lipinski definition) is 0. The molecule has 0 radical (unpaired) electrons. The van der Waals surface area contributed by atoms with Crippen molar-refractivity contribution in [3.05, 3.63) is 283 Å². The molecule has 3 heteroatoms. The van der Waals surface area contributed by atoms with Crippen LogP contribution in [0.15, 0.2) is 255 Å². The van der Waals surface area contributed by atoms with Gasteiger partial charge in [0.2, 0.25) is 0 Å². The van der Waals surface area contributed by atoms with Crippen molar-refractivity contribution in [2.45, 2.75) is 49.4 Å². The monoisotopic (exact) mass is 1020 g/mol. The molecule has 0 amide bonds. The van der Waals surface area contributed by atoms with E-state index in [9.17, 15) is 0 Å². The second-order valence-electron chi connectivity index (χ2n) is 24.5. The fourth-order valence-electron chi connectivity index (χ4n) is 17.6. The van der Waals surface area contributed by atoms with Crippen molar-refractivity contribution < 1.29 is 0 Å². The lowest BCUT2D eigenvalue weighted by Gasteiger charge is -2.57. The second-order valence-corrected chi connectivity index (χ2v) is 24.5. The van der Waals surface area contributed by atoms with E-state index in [4.69, 9.17) is 0 Å². The van der Waals surface area contributed by atoms with Gasteiger partial charge in [-0.25, -0.2) is 0 Å². The van der Waals surface area contributed by atoms with Crippen molar-refractivity contribution in [2.75, 3.05) is 9.80 Å². The molecule has 1 spiro atoms. The van der Waals surface area contributed by atoms with Crippen molar-refractivity contribution in [1.29, 1.82) is 0 Å². The second kappa shape index (κ2) is 16.8. The molecular weight excluding hydrogens is 964 g/mol. The number of para-hydroxylation sites is 1. The van der Waals surface area contributed by atoms with Gasteiger partial charge in [0.15, 0.2) is 0 Å². The summed E-state index contributed by atoms with van der Waals surface area (Å²) in [5, 5.41) is 0. The Morgan fingerprint density at radius 3 is 1.35 bits per heavy atom. The maximum absolute atomic E-state index is 2.71. The number of rotatable bonds is 6. The van der Waals surface area contributed by atoms with E-state index in [1.54, 1.807) is 5.56 Å². The Bertz CT molecular complexity index is 4250. The highest BCUT2D eigenvalue weighted by Crippen LogP contribution is 2.64. The fourth-order valence-corrected chi connectivity index (χ4v) is 17.6. The predicted octanol–water partition coefficient (Wildman–Crippen LogP) is 17.6. The maximum Gasteiger partial charge on any atom is 0.252 e. The van der Waals surface area contributed by atoms with Crippen LogP contribution in [0.5, 0.6) is 0 Å². The number of anilines is 6. The van der Waals surface area contributed by atoms with Crippen LogP contribution in [-0.2, 0) is 10.8 Å². The summed E-state index contributed by atoms with van der Waals surface area (Å²) < 4.78 is 0. The molecule has 11 aromatic carbocycles. The minimum Gasteiger partial charge on any atom is -0.311 e. The summed E-state index contributed by atoms with van der Waals surface area (Å²) in [6.07, 6.45) is 8.15. The molecule has 2 heterocycles. The zero-order valence-corrected chi connectivity index (χ0v) is 44.7. The van der Waals surface area contributed by atoms with Crippen molar-refractivity contribution in [3.63, 3.8) is 0 Å². The van der Waals surface area contributed by atoms with Crippen LogP contribution in [0.3, 0.4) is 0 Å². The van der Waals surface area contributed by atoms with Crippen LogP contribution in [0.25, 0.3) is 55.6 Å². The summed E-state index contributed by atoms with van der Waals surface area (Å²) in [5.74, 6) is 2.47. The molecule has 0 aromatic heterocycles. The Morgan fingerprint density at radius 2 is 0.750 bits per heavy atom. The van der Waals surface area contributed by atoms with E-state index in [-0.39, 0.29) is 12.1 Å². The summed E-state index contributed by atoms with van der Waals surface area (Å²) in [7, 11) is 0. The normalized spacial score (nSPS) is 20.4. The Morgan fingerprint density at radius 1 is 0.312 bits per heavy atom. The zero-order valence-electron chi connectivity index (χ0n) is 44.7. The summed E-state index contributed by atoms with van der Waals surface area (Å²) in [4.78, 5) is 5.32. The van der Waals surface area contributed by atoms with E-state index >= 15 is 0 Å². The third kappa shape index (κ3) is 6.27. The van der Waals surface area contributed by atoms with Crippen LogP contribution in [0.4, 0.5) is 34.1 Å². The predicted molar refractivity (Wildman–Crippen MR) is 333 cm³/mol. The van der Waals surface area contributed by atoms with Crippen molar-refractivity contribution in [1.82, 2.24) is 0 Å². The van der Waals surface area contributed by atoms with E-state index in [0.717, 1.165) is 17.8 Å². The SMILES string of the molecule is c1ccc(-c2ccc(N3c4ccc(-c5ccc6c(c5)C5(c7ccccc7-c7ccccc75)c5ccccc5-6)cc4B4c5ccc(-c6ccccc6)cc5N(c5ccccc5)c5cc(C67CC8CC(CC(C8)C6)C7)cc3c54)cc2)cc1. The van der Waals surface area contributed by atoms with Gasteiger partial charge < -0.3 is 9.80 Å². The Kier molecular flexibility index (Phi) is 9.45. The Labute approximate surface area is 469 Å². The highest BCUT2D eigenvalue weighted by molar-refractivity contribution is 7.00. The van der Waals surface area contributed by atoms with Gasteiger partial charge in [0.05, 0.1) is 5.41 Å². The molecule has 4 fully saturated rings. The molecule has 6 aliphatic carbocycles. The molecule has 0 saturated heterocycles. The average Bonchev–Trinajstić information content (AvgIpc) is 3.62. The molecule has 378 valence electrons. The van der Waals surface area contributed by atoms with Crippen molar-refractivity contribution in [3.8, 4) is 55.6 Å². The minimum absolute atomic E-state index is 0.0291. The highest BCUT2D eigenvalue weighted by atomic mass is 15.2. The number of nitrogens with zero attached hydrogens (tertiary/aromatic N) is 2. The molecule has 0 unspecified atom stereocenters. The largest absolute Gasteiger partial charge is 0.311 e. The lowest BCUT2D eigenvalue weighted by atomic mass is 9.33. The van der Waals surface area contributed by atoms with E-state index in [1.165, 1.54) is 167 Å². The summed E-state index contributed by atoms with van der Waals surface area (Å²) in [5.41, 5.74) is 31.1. The Balaban J connectivity index is 0.896. The van der Waals surface area contributed by atoms with Crippen LogP contribution in [0.1, 0.15) is 66.3 Å². The minimum atomic E-state index is -0.423. The molecule has 2 nitrogen and oxygen atoms in total. The number of hydrogen-bond acceptors (Lipinski definition) is 2. The third-order valence-corrected chi connectivity index (χ3v) is 20.4. The fraction of sp³-hybridized carbons (Fsp3) is 0.143. The van der Waals surface area contributed by atoms with Gasteiger partial charge in [-0.3, -0.25) is 0 Å². The van der Waals surface area contributed by atoms with Crippen molar-refractivity contribution >= 4 is 57.2 Å². The highest BCUT2D eigenvalue weighted by Gasteiger charge is 2.54. The van der Waals surface area contributed by atoms with E-state index in [2.05, 4.69) is 265 Å². The van der Waals surface area contributed by atoms with Gasteiger partial charge in [-0.15, -0.1) is 0 Å². The third-order valence-electron chi connectivity index (χ3n) is 20.4.